The van der Waals surface area contributed by atoms with Gasteiger partial charge in [-0.25, -0.2) is 4.79 Å². The van der Waals surface area contributed by atoms with E-state index in [1.807, 2.05) is 27.7 Å². The van der Waals surface area contributed by atoms with E-state index in [1.165, 1.54) is 13.0 Å². The predicted octanol–water partition coefficient (Wildman–Crippen LogP) is 3.90. The third-order valence-electron chi connectivity index (χ3n) is 5.56. The molecular weight excluding hydrogens is 450 g/mol. The van der Waals surface area contributed by atoms with E-state index in [1.54, 1.807) is 41.3 Å². The molecule has 1 saturated heterocycles. The molecule has 1 amide bonds. The van der Waals surface area contributed by atoms with Crippen LogP contribution in [0.4, 0.5) is 0 Å². The first-order chi connectivity index (χ1) is 16.7. The number of ketones is 1. The lowest BCUT2D eigenvalue weighted by atomic mass is 9.98. The highest BCUT2D eigenvalue weighted by atomic mass is 16.5. The number of rotatable bonds is 9. The van der Waals surface area contributed by atoms with Crippen molar-refractivity contribution in [2.24, 2.45) is 0 Å². The molecule has 0 bridgehead atoms. The van der Waals surface area contributed by atoms with Crippen molar-refractivity contribution >= 4 is 17.7 Å². The quantitative estimate of drug-likeness (QED) is 0.395. The fraction of sp³-hybridized carbons (Fsp3) is 0.444. The highest BCUT2D eigenvalue weighted by molar-refractivity contribution is 6.14. The van der Waals surface area contributed by atoms with Gasteiger partial charge in [0.15, 0.2) is 23.4 Å². The third-order valence-corrected chi connectivity index (χ3v) is 5.56. The van der Waals surface area contributed by atoms with Crippen LogP contribution in [0.1, 0.15) is 60.9 Å². The average Bonchev–Trinajstić information content (AvgIpc) is 2.83. The number of nitrogens with zero attached hydrogens (tertiary/aromatic N) is 1. The van der Waals surface area contributed by atoms with E-state index in [0.717, 1.165) is 0 Å². The summed E-state index contributed by atoms with van der Waals surface area (Å²) in [4.78, 5) is 40.9. The number of morpholine rings is 1. The van der Waals surface area contributed by atoms with E-state index in [2.05, 4.69) is 0 Å². The molecule has 8 heteroatoms. The van der Waals surface area contributed by atoms with Gasteiger partial charge in [-0.1, -0.05) is 18.2 Å². The van der Waals surface area contributed by atoms with Crippen LogP contribution in [0.3, 0.4) is 0 Å². The molecular formula is C27H33NO7. The number of carbonyl (C=O) groups is 3. The van der Waals surface area contributed by atoms with E-state index in [-0.39, 0.29) is 35.0 Å². The maximum absolute atomic E-state index is 13.3. The lowest BCUT2D eigenvalue weighted by Gasteiger charge is -2.36. The summed E-state index contributed by atoms with van der Waals surface area (Å²) in [5.74, 6) is -0.403. The lowest BCUT2D eigenvalue weighted by Crippen LogP contribution is -2.51. The van der Waals surface area contributed by atoms with E-state index < -0.39 is 12.1 Å². The SMILES string of the molecule is CCOc1ccc(C(=O)c2ccccc2C(=O)OC(C)C(=O)N2CC(C)OC(C)C2)cc1OCC. The Bertz CT molecular complexity index is 1060. The molecule has 0 aromatic heterocycles. The van der Waals surface area contributed by atoms with E-state index >= 15 is 0 Å². The van der Waals surface area contributed by atoms with Crippen LogP contribution in [0, 0.1) is 0 Å². The van der Waals surface area contributed by atoms with Gasteiger partial charge in [0.1, 0.15) is 0 Å². The summed E-state index contributed by atoms with van der Waals surface area (Å²) in [5, 5.41) is 0. The Morgan fingerprint density at radius 1 is 0.943 bits per heavy atom. The van der Waals surface area contributed by atoms with Crippen LogP contribution in [0.2, 0.25) is 0 Å². The zero-order chi connectivity index (χ0) is 25.5. The van der Waals surface area contributed by atoms with Gasteiger partial charge in [-0.3, -0.25) is 9.59 Å². The molecule has 2 aromatic rings. The topological polar surface area (TPSA) is 91.4 Å². The number of esters is 1. The van der Waals surface area contributed by atoms with Gasteiger partial charge in [-0.05, 0) is 58.9 Å². The number of benzene rings is 2. The maximum atomic E-state index is 13.3. The molecule has 8 nitrogen and oxygen atoms in total. The summed E-state index contributed by atoms with van der Waals surface area (Å²) < 4.78 is 22.4. The highest BCUT2D eigenvalue weighted by Gasteiger charge is 2.31. The van der Waals surface area contributed by atoms with Crippen molar-refractivity contribution in [2.45, 2.75) is 52.9 Å². The molecule has 1 heterocycles. The van der Waals surface area contributed by atoms with Crippen LogP contribution in [-0.4, -0.2) is 67.2 Å². The molecule has 3 rings (SSSR count). The van der Waals surface area contributed by atoms with Crippen LogP contribution < -0.4 is 9.47 Å². The van der Waals surface area contributed by atoms with Gasteiger partial charge in [0.2, 0.25) is 0 Å². The van der Waals surface area contributed by atoms with Crippen molar-refractivity contribution in [3.8, 4) is 11.5 Å². The standard InChI is InChI=1S/C27H33NO7/c1-6-32-23-13-12-20(14-24(23)33-7-2)25(29)21-10-8-9-11-22(21)27(31)35-19(5)26(30)28-15-17(3)34-18(4)16-28/h8-14,17-19H,6-7,15-16H2,1-5H3. The highest BCUT2D eigenvalue weighted by Crippen LogP contribution is 2.30. The van der Waals surface area contributed by atoms with Gasteiger partial charge in [-0.2, -0.15) is 0 Å². The van der Waals surface area contributed by atoms with Gasteiger partial charge >= 0.3 is 5.97 Å². The van der Waals surface area contributed by atoms with Crippen LogP contribution in [0.15, 0.2) is 42.5 Å². The molecule has 1 fully saturated rings. The lowest BCUT2D eigenvalue weighted by molar-refractivity contribution is -0.151. The zero-order valence-corrected chi connectivity index (χ0v) is 20.9. The van der Waals surface area contributed by atoms with Crippen molar-refractivity contribution in [1.82, 2.24) is 4.90 Å². The smallest absolute Gasteiger partial charge is 0.339 e. The molecule has 1 aliphatic rings. The van der Waals surface area contributed by atoms with Gasteiger partial charge in [-0.15, -0.1) is 0 Å². The van der Waals surface area contributed by atoms with Gasteiger partial charge in [0.05, 0.1) is 31.0 Å². The van der Waals surface area contributed by atoms with Crippen LogP contribution in [0.25, 0.3) is 0 Å². The van der Waals surface area contributed by atoms with Crippen molar-refractivity contribution in [3.05, 3.63) is 59.2 Å². The summed E-state index contributed by atoms with van der Waals surface area (Å²) in [6.45, 7) is 10.8. The van der Waals surface area contributed by atoms with E-state index in [0.29, 0.717) is 43.4 Å². The van der Waals surface area contributed by atoms with Crippen molar-refractivity contribution in [2.75, 3.05) is 26.3 Å². The number of amides is 1. The number of carbonyl (C=O) groups excluding carboxylic acids is 3. The van der Waals surface area contributed by atoms with Gasteiger partial charge in [0, 0.05) is 24.2 Å². The van der Waals surface area contributed by atoms with Crippen LogP contribution >= 0.6 is 0 Å². The second-order valence-electron chi connectivity index (χ2n) is 8.45. The Morgan fingerprint density at radius 2 is 1.54 bits per heavy atom. The number of ether oxygens (including phenoxy) is 4. The van der Waals surface area contributed by atoms with Gasteiger partial charge < -0.3 is 23.8 Å². The second kappa shape index (κ2) is 11.8. The first-order valence-corrected chi connectivity index (χ1v) is 11.9. The number of hydrogen-bond donors (Lipinski definition) is 0. The minimum absolute atomic E-state index is 0.0905. The summed E-state index contributed by atoms with van der Waals surface area (Å²) >= 11 is 0. The molecule has 188 valence electrons. The molecule has 0 saturated carbocycles. The molecule has 0 spiro atoms. The molecule has 0 N–H and O–H groups in total. The van der Waals surface area contributed by atoms with Crippen molar-refractivity contribution < 1.29 is 33.3 Å². The first kappa shape index (κ1) is 26.2. The Labute approximate surface area is 206 Å². The maximum Gasteiger partial charge on any atom is 0.339 e. The first-order valence-electron chi connectivity index (χ1n) is 11.9. The number of hydrogen-bond acceptors (Lipinski definition) is 7. The summed E-state index contributed by atoms with van der Waals surface area (Å²) in [6.07, 6.45) is -1.20. The molecule has 35 heavy (non-hydrogen) atoms. The summed E-state index contributed by atoms with van der Waals surface area (Å²) in [7, 11) is 0. The van der Waals surface area contributed by atoms with E-state index in [9.17, 15) is 14.4 Å². The molecule has 1 aliphatic heterocycles. The Balaban J connectivity index is 1.79. The molecule has 2 aromatic carbocycles. The minimum atomic E-state index is -1.00. The summed E-state index contributed by atoms with van der Waals surface area (Å²) in [5.41, 5.74) is 0.614. The normalized spacial score (nSPS) is 18.5. The average molecular weight is 484 g/mol. The van der Waals surface area contributed by atoms with E-state index in [4.69, 9.17) is 18.9 Å². The van der Waals surface area contributed by atoms with Gasteiger partial charge in [0.25, 0.3) is 5.91 Å². The molecule has 3 atom stereocenters. The summed E-state index contributed by atoms with van der Waals surface area (Å²) in [6, 6.07) is 11.3. The van der Waals surface area contributed by atoms with Crippen molar-refractivity contribution in [3.63, 3.8) is 0 Å². The van der Waals surface area contributed by atoms with Crippen LogP contribution in [0.5, 0.6) is 11.5 Å². The van der Waals surface area contributed by atoms with Crippen LogP contribution in [-0.2, 0) is 14.3 Å². The molecule has 0 aliphatic carbocycles. The Hall–Kier alpha value is -3.39. The fourth-order valence-corrected chi connectivity index (χ4v) is 4.10. The fourth-order valence-electron chi connectivity index (χ4n) is 4.10. The third kappa shape index (κ3) is 6.39. The Kier molecular flexibility index (Phi) is 8.87. The predicted molar refractivity (Wildman–Crippen MR) is 130 cm³/mol. The zero-order valence-electron chi connectivity index (χ0n) is 20.9. The monoisotopic (exact) mass is 483 g/mol. The Morgan fingerprint density at radius 3 is 2.17 bits per heavy atom. The van der Waals surface area contributed by atoms with Crippen molar-refractivity contribution in [1.29, 1.82) is 0 Å². The molecule has 3 unspecified atom stereocenters. The minimum Gasteiger partial charge on any atom is -0.490 e. The largest absolute Gasteiger partial charge is 0.490 e. The molecule has 0 radical (unpaired) electrons. The second-order valence-corrected chi connectivity index (χ2v) is 8.45.